The van der Waals surface area contributed by atoms with Crippen molar-refractivity contribution in [2.75, 3.05) is 5.73 Å². The summed E-state index contributed by atoms with van der Waals surface area (Å²) in [6.45, 7) is 4.22. The highest BCUT2D eigenvalue weighted by Gasteiger charge is 2.13. The van der Waals surface area contributed by atoms with E-state index in [0.717, 1.165) is 11.3 Å². The average molecular weight is 240 g/mol. The number of benzene rings is 1. The van der Waals surface area contributed by atoms with Crippen LogP contribution in [-0.4, -0.2) is 14.8 Å². The molecule has 0 aliphatic carbocycles. The molecular weight excluding hydrogens is 224 g/mol. The van der Waals surface area contributed by atoms with Gasteiger partial charge in [-0.2, -0.15) is 5.10 Å². The first-order valence-electron chi connectivity index (χ1n) is 5.95. The monoisotopic (exact) mass is 240 g/mol. The number of fused-ring (bicyclic) bond motifs is 1. The topological polar surface area (TPSA) is 59.6 Å². The van der Waals surface area contributed by atoms with Gasteiger partial charge in [-0.15, -0.1) is 0 Å². The van der Waals surface area contributed by atoms with Gasteiger partial charge in [0.25, 0.3) is 0 Å². The predicted octanol–water partition coefficient (Wildman–Crippen LogP) is 2.77. The van der Waals surface area contributed by atoms with Crippen molar-refractivity contribution in [3.8, 4) is 11.3 Å². The number of nitrogens with zero attached hydrogens (tertiary/aromatic N) is 2. The zero-order valence-electron chi connectivity index (χ0n) is 10.8. The van der Waals surface area contributed by atoms with Crippen LogP contribution in [0.5, 0.6) is 0 Å². The van der Waals surface area contributed by atoms with E-state index in [1.165, 1.54) is 22.0 Å². The lowest BCUT2D eigenvalue weighted by Gasteiger charge is -2.02. The molecule has 18 heavy (non-hydrogen) atoms. The molecule has 3 aromatic rings. The van der Waals surface area contributed by atoms with Crippen LogP contribution in [0.25, 0.3) is 22.2 Å². The Kier molecular flexibility index (Phi) is 2.20. The SMILES string of the molecule is Cc1ccc(C)c2c(-c3cc(N)n(C)n3)c[nH]c12. The second-order valence-electron chi connectivity index (χ2n) is 4.73. The Morgan fingerprint density at radius 1 is 1.22 bits per heavy atom. The summed E-state index contributed by atoms with van der Waals surface area (Å²) in [7, 11) is 1.85. The van der Waals surface area contributed by atoms with E-state index in [4.69, 9.17) is 5.73 Å². The third-order valence-electron chi connectivity index (χ3n) is 3.44. The molecule has 0 radical (unpaired) electrons. The lowest BCUT2D eigenvalue weighted by Crippen LogP contribution is -1.96. The molecule has 0 aliphatic rings. The van der Waals surface area contributed by atoms with Gasteiger partial charge in [0.05, 0.1) is 5.69 Å². The van der Waals surface area contributed by atoms with Gasteiger partial charge in [-0.3, -0.25) is 4.68 Å². The largest absolute Gasteiger partial charge is 0.384 e. The smallest absolute Gasteiger partial charge is 0.121 e. The third kappa shape index (κ3) is 1.42. The molecule has 0 saturated carbocycles. The zero-order chi connectivity index (χ0) is 12.9. The van der Waals surface area contributed by atoms with Crippen LogP contribution >= 0.6 is 0 Å². The number of nitrogens with one attached hydrogen (secondary N) is 1. The molecule has 4 nitrogen and oxygen atoms in total. The highest BCUT2D eigenvalue weighted by molar-refractivity contribution is 5.98. The Balaban J connectivity index is 2.33. The van der Waals surface area contributed by atoms with Crippen LogP contribution in [0.2, 0.25) is 0 Å². The van der Waals surface area contributed by atoms with Gasteiger partial charge in [0, 0.05) is 35.8 Å². The van der Waals surface area contributed by atoms with E-state index >= 15 is 0 Å². The summed E-state index contributed by atoms with van der Waals surface area (Å²) in [6, 6.07) is 6.18. The van der Waals surface area contributed by atoms with E-state index in [1.807, 2.05) is 19.3 Å². The molecule has 0 atom stereocenters. The van der Waals surface area contributed by atoms with Crippen molar-refractivity contribution in [3.05, 3.63) is 35.5 Å². The number of anilines is 1. The molecule has 1 aromatic carbocycles. The van der Waals surface area contributed by atoms with E-state index in [1.54, 1.807) is 4.68 Å². The van der Waals surface area contributed by atoms with E-state index in [9.17, 15) is 0 Å². The lowest BCUT2D eigenvalue weighted by molar-refractivity contribution is 0.782. The van der Waals surface area contributed by atoms with Gasteiger partial charge in [0.2, 0.25) is 0 Å². The predicted molar refractivity (Wildman–Crippen MR) is 74.4 cm³/mol. The number of aryl methyl sites for hydroxylation is 3. The van der Waals surface area contributed by atoms with Gasteiger partial charge in [0.15, 0.2) is 0 Å². The number of aromatic amines is 1. The average Bonchev–Trinajstić information content (AvgIpc) is 2.90. The van der Waals surface area contributed by atoms with Crippen molar-refractivity contribution < 1.29 is 0 Å². The van der Waals surface area contributed by atoms with E-state index in [-0.39, 0.29) is 0 Å². The van der Waals surface area contributed by atoms with E-state index in [0.29, 0.717) is 5.82 Å². The fraction of sp³-hybridized carbons (Fsp3) is 0.214. The number of H-pyrrole nitrogens is 1. The van der Waals surface area contributed by atoms with Gasteiger partial charge in [-0.05, 0) is 25.0 Å². The Morgan fingerprint density at radius 3 is 2.61 bits per heavy atom. The summed E-state index contributed by atoms with van der Waals surface area (Å²) in [6.07, 6.45) is 2.01. The Morgan fingerprint density at radius 2 is 1.94 bits per heavy atom. The number of rotatable bonds is 1. The van der Waals surface area contributed by atoms with Crippen molar-refractivity contribution in [3.63, 3.8) is 0 Å². The van der Waals surface area contributed by atoms with Crippen LogP contribution in [0.3, 0.4) is 0 Å². The van der Waals surface area contributed by atoms with Crippen molar-refractivity contribution in [2.45, 2.75) is 13.8 Å². The quantitative estimate of drug-likeness (QED) is 0.687. The van der Waals surface area contributed by atoms with Crippen molar-refractivity contribution in [1.82, 2.24) is 14.8 Å². The Hall–Kier alpha value is -2.23. The fourth-order valence-electron chi connectivity index (χ4n) is 2.38. The van der Waals surface area contributed by atoms with Gasteiger partial charge >= 0.3 is 0 Å². The molecule has 2 heterocycles. The second-order valence-corrected chi connectivity index (χ2v) is 4.73. The summed E-state index contributed by atoms with van der Waals surface area (Å²) in [5.74, 6) is 0.671. The number of aromatic nitrogens is 3. The second kappa shape index (κ2) is 3.63. The molecule has 2 aromatic heterocycles. The molecule has 0 saturated heterocycles. The lowest BCUT2D eigenvalue weighted by atomic mass is 10.0. The zero-order valence-corrected chi connectivity index (χ0v) is 10.8. The Labute approximate surface area is 105 Å². The highest BCUT2D eigenvalue weighted by Crippen LogP contribution is 2.32. The van der Waals surface area contributed by atoms with Crippen LogP contribution in [0.1, 0.15) is 11.1 Å². The number of nitrogens with two attached hydrogens (primary N) is 1. The van der Waals surface area contributed by atoms with Gasteiger partial charge in [-0.1, -0.05) is 12.1 Å². The van der Waals surface area contributed by atoms with Crippen LogP contribution in [-0.2, 0) is 7.05 Å². The van der Waals surface area contributed by atoms with E-state index < -0.39 is 0 Å². The number of hydrogen-bond acceptors (Lipinski definition) is 2. The number of nitrogen functional groups attached to an aromatic ring is 1. The van der Waals surface area contributed by atoms with Crippen molar-refractivity contribution in [2.24, 2.45) is 7.05 Å². The molecule has 0 bridgehead atoms. The minimum Gasteiger partial charge on any atom is -0.384 e. The first-order chi connectivity index (χ1) is 8.58. The molecule has 0 amide bonds. The highest BCUT2D eigenvalue weighted by atomic mass is 15.3. The molecule has 3 rings (SSSR count). The summed E-state index contributed by atoms with van der Waals surface area (Å²) < 4.78 is 1.69. The third-order valence-corrected chi connectivity index (χ3v) is 3.44. The standard InChI is InChI=1S/C14H16N4/c1-8-4-5-9(2)14-13(8)10(7-16-14)11-6-12(15)18(3)17-11/h4-7,16H,15H2,1-3H3. The first-order valence-corrected chi connectivity index (χ1v) is 5.95. The van der Waals surface area contributed by atoms with Crippen LogP contribution in [0.15, 0.2) is 24.4 Å². The molecule has 0 aliphatic heterocycles. The molecule has 0 unspecified atom stereocenters. The van der Waals surface area contributed by atoms with Crippen molar-refractivity contribution in [1.29, 1.82) is 0 Å². The minimum atomic E-state index is 0.671. The Bertz CT molecular complexity index is 714. The number of hydrogen-bond donors (Lipinski definition) is 2. The summed E-state index contributed by atoms with van der Waals surface area (Å²) >= 11 is 0. The summed E-state index contributed by atoms with van der Waals surface area (Å²) in [5.41, 5.74) is 11.5. The molecule has 3 N–H and O–H groups in total. The van der Waals surface area contributed by atoms with Crippen molar-refractivity contribution >= 4 is 16.7 Å². The molecule has 0 spiro atoms. The molecule has 0 fully saturated rings. The van der Waals surface area contributed by atoms with E-state index in [2.05, 4.69) is 36.1 Å². The maximum Gasteiger partial charge on any atom is 0.121 e. The van der Waals surface area contributed by atoms with Crippen LogP contribution in [0, 0.1) is 13.8 Å². The molecule has 92 valence electrons. The maximum absolute atomic E-state index is 5.85. The summed E-state index contributed by atoms with van der Waals surface area (Å²) in [4.78, 5) is 3.33. The van der Waals surface area contributed by atoms with Gasteiger partial charge in [0.1, 0.15) is 5.82 Å². The van der Waals surface area contributed by atoms with Gasteiger partial charge in [-0.25, -0.2) is 0 Å². The molecule has 4 heteroatoms. The maximum atomic E-state index is 5.85. The van der Waals surface area contributed by atoms with Gasteiger partial charge < -0.3 is 10.7 Å². The normalized spacial score (nSPS) is 11.3. The summed E-state index contributed by atoms with van der Waals surface area (Å²) in [5, 5.41) is 5.67. The fourth-order valence-corrected chi connectivity index (χ4v) is 2.38. The minimum absolute atomic E-state index is 0.671. The first kappa shape index (κ1) is 10.9. The molecular formula is C14H16N4. The van der Waals surface area contributed by atoms with Crippen LogP contribution in [0.4, 0.5) is 5.82 Å². The van der Waals surface area contributed by atoms with Crippen LogP contribution < -0.4 is 5.73 Å².